The van der Waals surface area contributed by atoms with Gasteiger partial charge in [0.05, 0.1) is 12.1 Å². The van der Waals surface area contributed by atoms with E-state index in [0.717, 1.165) is 17.9 Å². The summed E-state index contributed by atoms with van der Waals surface area (Å²) >= 11 is 0. The highest BCUT2D eigenvalue weighted by Crippen LogP contribution is 2.42. The van der Waals surface area contributed by atoms with Crippen LogP contribution in [0.4, 0.5) is 0 Å². The molecule has 2 heteroatoms. The molecule has 2 rings (SSSR count). The molecule has 2 nitrogen and oxygen atoms in total. The fourth-order valence-corrected chi connectivity index (χ4v) is 3.02. The average molecular weight is 248 g/mol. The molecule has 18 heavy (non-hydrogen) atoms. The summed E-state index contributed by atoms with van der Waals surface area (Å²) < 4.78 is 0. The first-order valence-electron chi connectivity index (χ1n) is 7.22. The van der Waals surface area contributed by atoms with Crippen LogP contribution in [0.3, 0.4) is 0 Å². The number of likely N-dealkylation sites (tertiary alicyclic amines) is 1. The lowest BCUT2D eigenvalue weighted by molar-refractivity contribution is 0.208. The van der Waals surface area contributed by atoms with Crippen molar-refractivity contribution < 1.29 is 0 Å². The third kappa shape index (κ3) is 4.69. The van der Waals surface area contributed by atoms with Crippen molar-refractivity contribution in [2.75, 3.05) is 13.1 Å². The fourth-order valence-electron chi connectivity index (χ4n) is 3.02. The van der Waals surface area contributed by atoms with Crippen LogP contribution >= 0.6 is 0 Å². The van der Waals surface area contributed by atoms with Crippen molar-refractivity contribution in [3.05, 3.63) is 18.4 Å². The van der Waals surface area contributed by atoms with E-state index in [1.54, 1.807) is 6.07 Å². The van der Waals surface area contributed by atoms with Crippen molar-refractivity contribution in [1.82, 2.24) is 4.90 Å². The van der Waals surface area contributed by atoms with Gasteiger partial charge in [0.25, 0.3) is 0 Å². The van der Waals surface area contributed by atoms with E-state index in [-0.39, 0.29) is 0 Å². The zero-order valence-electron chi connectivity index (χ0n) is 12.4. The van der Waals surface area contributed by atoms with Crippen LogP contribution < -0.4 is 0 Å². The standard InChI is InChI=1S/C10H19N.C4H3N.C2H6/c1-3-6-11-7-9-4-5-10(11)8(9)2;1-2-3-4-5;1-2/h8-10H,3-7H2,1-2H3;3H,1H2;1-2H3. The van der Waals surface area contributed by atoms with Crippen LogP contribution in [0.15, 0.2) is 18.4 Å². The van der Waals surface area contributed by atoms with E-state index in [9.17, 15) is 0 Å². The lowest BCUT2D eigenvalue weighted by atomic mass is 10.0. The molecule has 1 aliphatic heterocycles. The number of nitriles is 1. The van der Waals surface area contributed by atoms with Gasteiger partial charge in [0.15, 0.2) is 0 Å². The summed E-state index contributed by atoms with van der Waals surface area (Å²) in [5, 5.41) is 7.66. The molecule has 3 atom stereocenters. The molecule has 0 aromatic rings. The second-order valence-electron chi connectivity index (χ2n) is 4.74. The van der Waals surface area contributed by atoms with E-state index in [1.165, 1.54) is 38.4 Å². The Hall–Kier alpha value is -1.03. The zero-order valence-corrected chi connectivity index (χ0v) is 12.4. The quantitative estimate of drug-likeness (QED) is 0.545. The molecule has 2 fully saturated rings. The Bertz CT molecular complexity index is 297. The van der Waals surface area contributed by atoms with Crippen molar-refractivity contribution in [3.63, 3.8) is 0 Å². The Morgan fingerprint density at radius 3 is 2.33 bits per heavy atom. The third-order valence-electron chi connectivity index (χ3n) is 3.80. The Morgan fingerprint density at radius 2 is 2.06 bits per heavy atom. The average Bonchev–Trinajstić information content (AvgIpc) is 2.89. The van der Waals surface area contributed by atoms with Gasteiger partial charge in [-0.3, -0.25) is 4.90 Å². The van der Waals surface area contributed by atoms with Gasteiger partial charge < -0.3 is 0 Å². The van der Waals surface area contributed by atoms with Gasteiger partial charge >= 0.3 is 0 Å². The molecule has 2 aliphatic rings. The maximum absolute atomic E-state index is 7.66. The molecule has 0 spiro atoms. The molecule has 1 saturated heterocycles. The number of nitrogens with zero attached hydrogens (tertiary/aromatic N) is 2. The van der Waals surface area contributed by atoms with Crippen LogP contribution in [0.5, 0.6) is 0 Å². The lowest BCUT2D eigenvalue weighted by Crippen LogP contribution is -2.33. The van der Waals surface area contributed by atoms with Gasteiger partial charge in [-0.2, -0.15) is 5.26 Å². The molecule has 3 unspecified atom stereocenters. The minimum absolute atomic E-state index is 0.958. The minimum Gasteiger partial charge on any atom is -0.300 e. The SMILES string of the molecule is C=C=CC#N.CC.CCCN1CC2CCC1C2C. The van der Waals surface area contributed by atoms with E-state index < -0.39 is 0 Å². The fraction of sp³-hybridized carbons (Fsp3) is 0.750. The topological polar surface area (TPSA) is 27.0 Å². The molecule has 0 aromatic carbocycles. The Labute approximate surface area is 113 Å². The highest BCUT2D eigenvalue weighted by Gasteiger charge is 2.43. The molecule has 0 N–H and O–H groups in total. The third-order valence-corrected chi connectivity index (χ3v) is 3.80. The molecule has 2 bridgehead atoms. The van der Waals surface area contributed by atoms with Crippen LogP contribution in [0.25, 0.3) is 0 Å². The second-order valence-corrected chi connectivity index (χ2v) is 4.74. The normalized spacial score (nSPS) is 28.1. The highest BCUT2D eigenvalue weighted by molar-refractivity contribution is 4.98. The van der Waals surface area contributed by atoms with E-state index >= 15 is 0 Å². The zero-order chi connectivity index (χ0) is 14.0. The summed E-state index contributed by atoms with van der Waals surface area (Å²) in [6, 6.07) is 2.68. The predicted molar refractivity (Wildman–Crippen MR) is 78.2 cm³/mol. The van der Waals surface area contributed by atoms with Crippen LogP contribution in [-0.4, -0.2) is 24.0 Å². The summed E-state index contributed by atoms with van der Waals surface area (Å²) in [6.45, 7) is 14.6. The number of hydrogen-bond donors (Lipinski definition) is 0. The van der Waals surface area contributed by atoms with Gasteiger partial charge in [-0.15, -0.1) is 5.73 Å². The summed E-state index contributed by atoms with van der Waals surface area (Å²) in [4.78, 5) is 2.71. The summed E-state index contributed by atoms with van der Waals surface area (Å²) in [5.74, 6) is 2.05. The van der Waals surface area contributed by atoms with E-state index in [2.05, 4.69) is 31.1 Å². The van der Waals surface area contributed by atoms with Crippen molar-refractivity contribution in [2.45, 2.75) is 53.0 Å². The van der Waals surface area contributed by atoms with E-state index in [1.807, 2.05) is 13.8 Å². The van der Waals surface area contributed by atoms with Gasteiger partial charge in [-0.05, 0) is 37.6 Å². The molecule has 0 radical (unpaired) electrons. The first-order chi connectivity index (χ1) is 8.74. The maximum atomic E-state index is 7.66. The molecule has 1 aliphatic carbocycles. The van der Waals surface area contributed by atoms with Crippen molar-refractivity contribution in [3.8, 4) is 6.07 Å². The smallest absolute Gasteiger partial charge is 0.0996 e. The van der Waals surface area contributed by atoms with Crippen LogP contribution in [-0.2, 0) is 0 Å². The van der Waals surface area contributed by atoms with Gasteiger partial charge in [0, 0.05) is 12.6 Å². The molecular weight excluding hydrogens is 220 g/mol. The Kier molecular flexibility index (Phi) is 9.38. The molecule has 0 amide bonds. The first kappa shape index (κ1) is 17.0. The maximum Gasteiger partial charge on any atom is 0.0996 e. The van der Waals surface area contributed by atoms with Gasteiger partial charge in [-0.1, -0.05) is 34.3 Å². The second kappa shape index (κ2) is 9.95. The van der Waals surface area contributed by atoms with Crippen molar-refractivity contribution >= 4 is 0 Å². The summed E-state index contributed by atoms with van der Waals surface area (Å²) in [6.07, 6.45) is 5.51. The monoisotopic (exact) mass is 248 g/mol. The van der Waals surface area contributed by atoms with Gasteiger partial charge in [0.1, 0.15) is 0 Å². The van der Waals surface area contributed by atoms with Crippen molar-refractivity contribution in [2.24, 2.45) is 11.8 Å². The molecule has 1 heterocycles. The Balaban J connectivity index is 0.000000354. The molecule has 0 aromatic heterocycles. The van der Waals surface area contributed by atoms with Gasteiger partial charge in [-0.25, -0.2) is 0 Å². The summed E-state index contributed by atoms with van der Waals surface area (Å²) in [7, 11) is 0. The van der Waals surface area contributed by atoms with E-state index in [0.29, 0.717) is 0 Å². The molecular formula is C16H28N2. The number of allylic oxidation sites excluding steroid dienone is 1. The number of hydrogen-bond acceptors (Lipinski definition) is 2. The largest absolute Gasteiger partial charge is 0.300 e. The van der Waals surface area contributed by atoms with Crippen LogP contribution in [0.2, 0.25) is 0 Å². The highest BCUT2D eigenvalue weighted by atomic mass is 15.2. The van der Waals surface area contributed by atoms with Crippen molar-refractivity contribution in [1.29, 1.82) is 5.26 Å². The molecule has 1 saturated carbocycles. The number of fused-ring (bicyclic) bond motifs is 2. The van der Waals surface area contributed by atoms with Crippen LogP contribution in [0.1, 0.15) is 47.0 Å². The Morgan fingerprint density at radius 1 is 1.39 bits per heavy atom. The summed E-state index contributed by atoms with van der Waals surface area (Å²) in [5.41, 5.74) is 2.28. The molecule has 102 valence electrons. The lowest BCUT2D eigenvalue weighted by Gasteiger charge is -2.26. The number of rotatable bonds is 2. The van der Waals surface area contributed by atoms with E-state index in [4.69, 9.17) is 5.26 Å². The predicted octanol–water partition coefficient (Wildman–Crippen LogP) is 4.00. The first-order valence-corrected chi connectivity index (χ1v) is 7.22. The van der Waals surface area contributed by atoms with Gasteiger partial charge in [0.2, 0.25) is 0 Å². The van der Waals surface area contributed by atoms with Crippen LogP contribution in [0, 0.1) is 23.2 Å². The number of piperidine rings is 1. The minimum atomic E-state index is 0.958.